The summed E-state index contributed by atoms with van der Waals surface area (Å²) >= 11 is 0. The average molecular weight is 244 g/mol. The molecule has 1 atom stereocenters. The highest BCUT2D eigenvalue weighted by atomic mass is 16.2. The van der Waals surface area contributed by atoms with Crippen molar-refractivity contribution in [3.63, 3.8) is 0 Å². The number of fused-ring (bicyclic) bond motifs is 1. The van der Waals surface area contributed by atoms with E-state index in [2.05, 4.69) is 25.1 Å². The molecule has 3 rings (SSSR count). The van der Waals surface area contributed by atoms with Crippen molar-refractivity contribution in [3.05, 3.63) is 29.8 Å². The van der Waals surface area contributed by atoms with E-state index in [4.69, 9.17) is 5.73 Å². The van der Waals surface area contributed by atoms with Gasteiger partial charge in [0.2, 0.25) is 5.91 Å². The fourth-order valence-electron chi connectivity index (χ4n) is 2.93. The predicted molar refractivity (Wildman–Crippen MR) is 72.4 cm³/mol. The van der Waals surface area contributed by atoms with E-state index in [1.165, 1.54) is 5.56 Å². The van der Waals surface area contributed by atoms with Crippen molar-refractivity contribution in [2.45, 2.75) is 26.2 Å². The molecule has 1 saturated carbocycles. The van der Waals surface area contributed by atoms with Gasteiger partial charge in [-0.05, 0) is 36.8 Å². The molecule has 3 nitrogen and oxygen atoms in total. The minimum atomic E-state index is -0.246. The van der Waals surface area contributed by atoms with Gasteiger partial charge in [0.15, 0.2) is 0 Å². The van der Waals surface area contributed by atoms with Gasteiger partial charge in [-0.15, -0.1) is 0 Å². The Hall–Kier alpha value is -1.35. The molecule has 0 bridgehead atoms. The zero-order valence-electron chi connectivity index (χ0n) is 10.9. The zero-order valence-corrected chi connectivity index (χ0v) is 10.9. The van der Waals surface area contributed by atoms with E-state index < -0.39 is 0 Å². The Labute approximate surface area is 108 Å². The maximum Gasteiger partial charge on any atom is 0.234 e. The van der Waals surface area contributed by atoms with Crippen molar-refractivity contribution in [2.24, 2.45) is 17.1 Å². The molecule has 1 aromatic carbocycles. The second kappa shape index (κ2) is 4.09. The van der Waals surface area contributed by atoms with Crippen molar-refractivity contribution in [1.29, 1.82) is 0 Å². The molecular formula is C15H20N2O. The van der Waals surface area contributed by atoms with Gasteiger partial charge in [0.1, 0.15) is 0 Å². The lowest BCUT2D eigenvalue weighted by Crippen LogP contribution is -2.45. The first-order valence-corrected chi connectivity index (χ1v) is 6.76. The first kappa shape index (κ1) is 11.7. The summed E-state index contributed by atoms with van der Waals surface area (Å²) in [4.78, 5) is 14.6. The Bertz CT molecular complexity index is 479. The van der Waals surface area contributed by atoms with Crippen molar-refractivity contribution in [1.82, 2.24) is 0 Å². The van der Waals surface area contributed by atoms with Crippen molar-refractivity contribution in [3.8, 4) is 0 Å². The molecule has 2 N–H and O–H groups in total. The predicted octanol–water partition coefficient (Wildman–Crippen LogP) is 1.95. The third-order valence-electron chi connectivity index (χ3n) is 4.29. The standard InChI is InChI=1S/C15H20N2O/c1-11-8-12-4-2-3-5-13(12)17(9-11)14(18)15(10-16)6-7-15/h2-5,11H,6-10,16H2,1H3. The van der Waals surface area contributed by atoms with Gasteiger partial charge in [0.05, 0.1) is 5.41 Å². The van der Waals surface area contributed by atoms with Crippen LogP contribution in [0.4, 0.5) is 5.69 Å². The molecule has 2 aliphatic rings. The van der Waals surface area contributed by atoms with E-state index in [1.807, 2.05) is 11.0 Å². The quantitative estimate of drug-likeness (QED) is 0.864. The van der Waals surface area contributed by atoms with Gasteiger partial charge in [0, 0.05) is 18.8 Å². The molecule has 0 aromatic heterocycles. The van der Waals surface area contributed by atoms with Gasteiger partial charge < -0.3 is 10.6 Å². The molecule has 1 unspecified atom stereocenters. The zero-order chi connectivity index (χ0) is 12.8. The molecule has 1 aliphatic heterocycles. The Morgan fingerprint density at radius 1 is 1.44 bits per heavy atom. The van der Waals surface area contributed by atoms with Gasteiger partial charge in [-0.2, -0.15) is 0 Å². The van der Waals surface area contributed by atoms with Crippen LogP contribution in [0, 0.1) is 11.3 Å². The van der Waals surface area contributed by atoms with E-state index >= 15 is 0 Å². The van der Waals surface area contributed by atoms with Crippen LogP contribution in [0.3, 0.4) is 0 Å². The van der Waals surface area contributed by atoms with Gasteiger partial charge in [-0.1, -0.05) is 25.1 Å². The number of carbonyl (C=O) groups excluding carboxylic acids is 1. The lowest BCUT2D eigenvalue weighted by molar-refractivity contribution is -0.123. The van der Waals surface area contributed by atoms with Crippen LogP contribution in [-0.2, 0) is 11.2 Å². The van der Waals surface area contributed by atoms with Crippen LogP contribution >= 0.6 is 0 Å². The summed E-state index contributed by atoms with van der Waals surface area (Å²) in [5.41, 5.74) is 7.92. The number of amides is 1. The second-order valence-corrected chi connectivity index (χ2v) is 5.84. The molecule has 1 fully saturated rings. The smallest absolute Gasteiger partial charge is 0.234 e. The number of nitrogens with two attached hydrogens (primary N) is 1. The third-order valence-corrected chi connectivity index (χ3v) is 4.29. The largest absolute Gasteiger partial charge is 0.329 e. The number of rotatable bonds is 2. The molecule has 0 spiro atoms. The Kier molecular flexibility index (Phi) is 2.67. The van der Waals surface area contributed by atoms with Crippen LogP contribution in [0.2, 0.25) is 0 Å². The molecule has 1 heterocycles. The van der Waals surface area contributed by atoms with E-state index in [-0.39, 0.29) is 11.3 Å². The Morgan fingerprint density at radius 2 is 2.17 bits per heavy atom. The minimum absolute atomic E-state index is 0.240. The summed E-state index contributed by atoms with van der Waals surface area (Å²) in [6.45, 7) is 3.52. The Balaban J connectivity index is 1.95. The Morgan fingerprint density at radius 3 is 2.83 bits per heavy atom. The lowest BCUT2D eigenvalue weighted by Gasteiger charge is -2.35. The average Bonchev–Trinajstić information content (AvgIpc) is 3.18. The molecule has 0 radical (unpaired) electrons. The molecule has 1 aliphatic carbocycles. The summed E-state index contributed by atoms with van der Waals surface area (Å²) in [6, 6.07) is 8.26. The minimum Gasteiger partial charge on any atom is -0.329 e. The number of nitrogens with zero attached hydrogens (tertiary/aromatic N) is 1. The van der Waals surface area contributed by atoms with Crippen molar-refractivity contribution in [2.75, 3.05) is 18.0 Å². The third kappa shape index (κ3) is 1.74. The first-order valence-electron chi connectivity index (χ1n) is 6.76. The number of hydrogen-bond acceptors (Lipinski definition) is 2. The molecule has 1 amide bonds. The summed E-state index contributed by atoms with van der Waals surface area (Å²) in [6.07, 6.45) is 2.97. The molecule has 0 saturated heterocycles. The highest BCUT2D eigenvalue weighted by Gasteiger charge is 2.51. The number of para-hydroxylation sites is 1. The number of benzene rings is 1. The highest BCUT2D eigenvalue weighted by Crippen LogP contribution is 2.47. The SMILES string of the molecule is CC1Cc2ccccc2N(C(=O)C2(CN)CC2)C1. The van der Waals surface area contributed by atoms with Crippen LogP contribution in [0.1, 0.15) is 25.3 Å². The monoisotopic (exact) mass is 244 g/mol. The van der Waals surface area contributed by atoms with Crippen molar-refractivity contribution < 1.29 is 4.79 Å². The summed E-state index contributed by atoms with van der Waals surface area (Å²) in [5.74, 6) is 0.765. The normalized spacial score (nSPS) is 24.6. The lowest BCUT2D eigenvalue weighted by atomic mass is 9.92. The molecule has 18 heavy (non-hydrogen) atoms. The van der Waals surface area contributed by atoms with Gasteiger partial charge in [-0.3, -0.25) is 4.79 Å². The first-order chi connectivity index (χ1) is 8.66. The van der Waals surface area contributed by atoms with Gasteiger partial charge in [-0.25, -0.2) is 0 Å². The number of anilines is 1. The van der Waals surface area contributed by atoms with Crippen LogP contribution in [0.15, 0.2) is 24.3 Å². The summed E-state index contributed by atoms with van der Waals surface area (Å²) in [7, 11) is 0. The van der Waals surface area contributed by atoms with E-state index in [9.17, 15) is 4.79 Å². The van der Waals surface area contributed by atoms with Gasteiger partial charge >= 0.3 is 0 Å². The molecule has 96 valence electrons. The molecule has 1 aromatic rings. The van der Waals surface area contributed by atoms with E-state index in [0.717, 1.165) is 31.5 Å². The molecular weight excluding hydrogens is 224 g/mol. The van der Waals surface area contributed by atoms with Crippen LogP contribution < -0.4 is 10.6 Å². The van der Waals surface area contributed by atoms with Gasteiger partial charge in [0.25, 0.3) is 0 Å². The highest BCUT2D eigenvalue weighted by molar-refractivity contribution is 6.00. The number of hydrogen-bond donors (Lipinski definition) is 1. The fourth-order valence-corrected chi connectivity index (χ4v) is 2.93. The fraction of sp³-hybridized carbons (Fsp3) is 0.533. The maximum absolute atomic E-state index is 12.7. The van der Waals surface area contributed by atoms with Crippen molar-refractivity contribution >= 4 is 11.6 Å². The van der Waals surface area contributed by atoms with Crippen LogP contribution in [-0.4, -0.2) is 19.0 Å². The molecule has 3 heteroatoms. The van der Waals surface area contributed by atoms with Crippen LogP contribution in [0.5, 0.6) is 0 Å². The van der Waals surface area contributed by atoms with E-state index in [0.29, 0.717) is 12.5 Å². The second-order valence-electron chi connectivity index (χ2n) is 5.84. The maximum atomic E-state index is 12.7. The topological polar surface area (TPSA) is 46.3 Å². The van der Waals surface area contributed by atoms with Crippen LogP contribution in [0.25, 0.3) is 0 Å². The summed E-state index contributed by atoms with van der Waals surface area (Å²) in [5, 5.41) is 0. The van der Waals surface area contributed by atoms with E-state index in [1.54, 1.807) is 0 Å². The summed E-state index contributed by atoms with van der Waals surface area (Å²) < 4.78 is 0. The number of carbonyl (C=O) groups is 1.